The second-order valence-electron chi connectivity index (χ2n) is 5.95. The summed E-state index contributed by atoms with van der Waals surface area (Å²) in [4.78, 5) is 14.7. The Morgan fingerprint density at radius 1 is 1.39 bits per heavy atom. The van der Waals surface area contributed by atoms with Gasteiger partial charge in [0.15, 0.2) is 0 Å². The largest absolute Gasteiger partial charge is 0.331 e. The van der Waals surface area contributed by atoms with Gasteiger partial charge >= 0.3 is 0 Å². The zero-order valence-electron chi connectivity index (χ0n) is 13.4. The first-order valence-corrected chi connectivity index (χ1v) is 8.19. The summed E-state index contributed by atoms with van der Waals surface area (Å²) in [6, 6.07) is 9.72. The van der Waals surface area contributed by atoms with Crippen LogP contribution in [0.3, 0.4) is 0 Å². The van der Waals surface area contributed by atoms with Crippen LogP contribution in [-0.4, -0.2) is 40.2 Å². The number of aryl methyl sites for hydroxylation is 2. The topological polar surface area (TPSA) is 50.2 Å². The van der Waals surface area contributed by atoms with E-state index in [0.29, 0.717) is 11.6 Å². The van der Waals surface area contributed by atoms with Gasteiger partial charge in [0.1, 0.15) is 6.54 Å². The van der Waals surface area contributed by atoms with Crippen LogP contribution in [-0.2, 0) is 11.3 Å². The smallest absolute Gasteiger partial charge is 0.244 e. The lowest BCUT2D eigenvalue weighted by Crippen LogP contribution is -2.49. The maximum Gasteiger partial charge on any atom is 0.244 e. The molecule has 0 radical (unpaired) electrons. The molecule has 2 aromatic rings. The molecular formula is C17H21ClN4O. The van der Waals surface area contributed by atoms with Crippen LogP contribution >= 0.6 is 11.6 Å². The van der Waals surface area contributed by atoms with Gasteiger partial charge in [-0.25, -0.2) is 0 Å². The molecule has 3 rings (SSSR count). The summed E-state index contributed by atoms with van der Waals surface area (Å²) in [5.74, 6) is 0.0858. The number of piperazine rings is 1. The number of rotatable bonds is 3. The Morgan fingerprint density at radius 2 is 2.22 bits per heavy atom. The van der Waals surface area contributed by atoms with Gasteiger partial charge in [0.25, 0.3) is 0 Å². The Balaban J connectivity index is 1.80. The summed E-state index contributed by atoms with van der Waals surface area (Å²) in [5.41, 5.74) is 3.00. The van der Waals surface area contributed by atoms with Crippen molar-refractivity contribution in [2.75, 3.05) is 19.6 Å². The summed E-state index contributed by atoms with van der Waals surface area (Å²) < 4.78 is 1.77. The molecule has 1 saturated heterocycles. The van der Waals surface area contributed by atoms with Gasteiger partial charge in [-0.15, -0.1) is 0 Å². The van der Waals surface area contributed by atoms with Crippen molar-refractivity contribution in [2.45, 2.75) is 26.4 Å². The van der Waals surface area contributed by atoms with Crippen molar-refractivity contribution in [1.29, 1.82) is 0 Å². The highest BCUT2D eigenvalue weighted by Crippen LogP contribution is 2.25. The summed E-state index contributed by atoms with van der Waals surface area (Å²) in [7, 11) is 0. The first-order valence-electron chi connectivity index (χ1n) is 7.81. The first-order chi connectivity index (χ1) is 11.0. The van der Waals surface area contributed by atoms with Gasteiger partial charge in [-0.2, -0.15) is 5.10 Å². The van der Waals surface area contributed by atoms with Crippen LogP contribution in [0.4, 0.5) is 0 Å². The quantitative estimate of drug-likeness (QED) is 0.938. The Kier molecular flexibility index (Phi) is 4.68. The summed E-state index contributed by atoms with van der Waals surface area (Å²) in [6.45, 7) is 6.42. The van der Waals surface area contributed by atoms with E-state index < -0.39 is 0 Å². The predicted octanol–water partition coefficient (Wildman–Crippen LogP) is 2.33. The van der Waals surface area contributed by atoms with E-state index in [4.69, 9.17) is 11.6 Å². The summed E-state index contributed by atoms with van der Waals surface area (Å²) in [5, 5.41) is 8.44. The lowest BCUT2D eigenvalue weighted by Gasteiger charge is -2.36. The van der Waals surface area contributed by atoms with E-state index in [0.717, 1.165) is 30.0 Å². The molecule has 5 nitrogen and oxygen atoms in total. The van der Waals surface area contributed by atoms with Gasteiger partial charge in [0.2, 0.25) is 5.91 Å². The van der Waals surface area contributed by atoms with Gasteiger partial charge in [-0.3, -0.25) is 9.48 Å². The van der Waals surface area contributed by atoms with E-state index in [1.807, 2.05) is 49.1 Å². The van der Waals surface area contributed by atoms with Gasteiger partial charge < -0.3 is 10.2 Å². The van der Waals surface area contributed by atoms with Crippen LogP contribution in [0.25, 0.3) is 0 Å². The summed E-state index contributed by atoms with van der Waals surface area (Å²) in [6.07, 6.45) is 0. The molecule has 122 valence electrons. The van der Waals surface area contributed by atoms with Crippen molar-refractivity contribution in [3.05, 3.63) is 52.3 Å². The number of hydrogen-bond donors (Lipinski definition) is 1. The fourth-order valence-electron chi connectivity index (χ4n) is 3.07. The second-order valence-corrected chi connectivity index (χ2v) is 6.38. The first kappa shape index (κ1) is 16.0. The van der Waals surface area contributed by atoms with Gasteiger partial charge in [-0.05, 0) is 37.6 Å². The third kappa shape index (κ3) is 3.57. The van der Waals surface area contributed by atoms with Crippen LogP contribution in [0, 0.1) is 13.8 Å². The van der Waals surface area contributed by atoms with Gasteiger partial charge in [-0.1, -0.05) is 23.7 Å². The third-order valence-corrected chi connectivity index (χ3v) is 4.42. The predicted molar refractivity (Wildman–Crippen MR) is 90.5 cm³/mol. The number of benzene rings is 1. The standard InChI is InChI=1S/C17H21ClN4O/c1-12-8-13(2)22(20-12)11-17(23)21-7-6-19-10-16(21)14-4-3-5-15(18)9-14/h3-5,8-9,16,19H,6-7,10-11H2,1-2H3. The Morgan fingerprint density at radius 3 is 2.91 bits per heavy atom. The molecule has 1 aliphatic heterocycles. The molecule has 1 amide bonds. The molecular weight excluding hydrogens is 312 g/mol. The average molecular weight is 333 g/mol. The number of nitrogens with zero attached hydrogens (tertiary/aromatic N) is 3. The van der Waals surface area contributed by atoms with Crippen molar-refractivity contribution < 1.29 is 4.79 Å². The minimum Gasteiger partial charge on any atom is -0.331 e. The lowest BCUT2D eigenvalue weighted by atomic mass is 10.0. The lowest BCUT2D eigenvalue weighted by molar-refractivity contribution is -0.135. The number of amides is 1. The highest BCUT2D eigenvalue weighted by atomic mass is 35.5. The molecule has 1 atom stereocenters. The zero-order chi connectivity index (χ0) is 16.4. The number of halogens is 1. The van der Waals surface area contributed by atoms with Gasteiger partial charge in [0.05, 0.1) is 11.7 Å². The number of hydrogen-bond acceptors (Lipinski definition) is 3. The maximum absolute atomic E-state index is 12.8. The number of nitrogens with one attached hydrogen (secondary N) is 1. The van der Waals surface area contributed by atoms with Crippen molar-refractivity contribution in [2.24, 2.45) is 0 Å². The molecule has 1 aliphatic rings. The molecule has 0 aliphatic carbocycles. The third-order valence-electron chi connectivity index (χ3n) is 4.19. The number of aromatic nitrogens is 2. The molecule has 1 fully saturated rings. The number of carbonyl (C=O) groups is 1. The van der Waals surface area contributed by atoms with Crippen LogP contribution in [0.15, 0.2) is 30.3 Å². The second kappa shape index (κ2) is 6.72. The zero-order valence-corrected chi connectivity index (χ0v) is 14.2. The van der Waals surface area contributed by atoms with Crippen LogP contribution in [0.2, 0.25) is 5.02 Å². The van der Waals surface area contributed by atoms with E-state index in [1.165, 1.54) is 0 Å². The minimum absolute atomic E-state index is 0.00640. The monoisotopic (exact) mass is 332 g/mol. The van der Waals surface area contributed by atoms with E-state index in [1.54, 1.807) is 4.68 Å². The molecule has 0 bridgehead atoms. The minimum atomic E-state index is 0.00640. The van der Waals surface area contributed by atoms with E-state index in [-0.39, 0.29) is 18.5 Å². The summed E-state index contributed by atoms with van der Waals surface area (Å²) >= 11 is 6.11. The number of carbonyl (C=O) groups excluding carboxylic acids is 1. The van der Waals surface area contributed by atoms with Crippen LogP contribution < -0.4 is 5.32 Å². The Labute approximate surface area is 141 Å². The fourth-order valence-corrected chi connectivity index (χ4v) is 3.27. The SMILES string of the molecule is Cc1cc(C)n(CC(=O)N2CCNCC2c2cccc(Cl)c2)n1. The molecule has 23 heavy (non-hydrogen) atoms. The molecule has 1 N–H and O–H groups in total. The van der Waals surface area contributed by atoms with Crippen molar-refractivity contribution in [1.82, 2.24) is 20.0 Å². The molecule has 1 aromatic carbocycles. The molecule has 0 saturated carbocycles. The Bertz CT molecular complexity index is 712. The van der Waals surface area contributed by atoms with E-state index >= 15 is 0 Å². The Hall–Kier alpha value is -1.85. The molecule has 1 unspecified atom stereocenters. The van der Waals surface area contributed by atoms with Crippen LogP contribution in [0.1, 0.15) is 23.0 Å². The maximum atomic E-state index is 12.8. The van der Waals surface area contributed by atoms with Crippen molar-refractivity contribution in [3.8, 4) is 0 Å². The highest BCUT2D eigenvalue weighted by molar-refractivity contribution is 6.30. The van der Waals surface area contributed by atoms with E-state index in [2.05, 4.69) is 10.4 Å². The molecule has 0 spiro atoms. The average Bonchev–Trinajstić information content (AvgIpc) is 2.85. The van der Waals surface area contributed by atoms with Gasteiger partial charge in [0, 0.05) is 30.4 Å². The fraction of sp³-hybridized carbons (Fsp3) is 0.412. The molecule has 2 heterocycles. The molecule has 6 heteroatoms. The van der Waals surface area contributed by atoms with Crippen LogP contribution in [0.5, 0.6) is 0 Å². The highest BCUT2D eigenvalue weighted by Gasteiger charge is 2.28. The molecule has 1 aromatic heterocycles. The van der Waals surface area contributed by atoms with Crippen molar-refractivity contribution >= 4 is 17.5 Å². The van der Waals surface area contributed by atoms with E-state index in [9.17, 15) is 4.79 Å². The normalized spacial score (nSPS) is 18.2. The van der Waals surface area contributed by atoms with Crippen molar-refractivity contribution in [3.63, 3.8) is 0 Å².